The normalized spacial score (nSPS) is 10.3. The molecular formula is C16H10N2O. The molecule has 19 heavy (non-hydrogen) atoms. The van der Waals surface area contributed by atoms with Gasteiger partial charge in [0.25, 0.3) is 0 Å². The van der Waals surface area contributed by atoms with Gasteiger partial charge in [0, 0.05) is 10.9 Å². The van der Waals surface area contributed by atoms with Crippen molar-refractivity contribution in [1.29, 1.82) is 5.26 Å². The van der Waals surface area contributed by atoms with Crippen LogP contribution in [0, 0.1) is 11.3 Å². The van der Waals surface area contributed by atoms with E-state index in [9.17, 15) is 5.11 Å². The van der Waals surface area contributed by atoms with E-state index in [-0.39, 0.29) is 5.75 Å². The van der Waals surface area contributed by atoms with Gasteiger partial charge in [-0.2, -0.15) is 5.26 Å². The SMILES string of the molecule is N#Cc1ccc(-c2ccc3cc(O)ccc3n2)cc1. The molecule has 0 bridgehead atoms. The standard InChI is InChI=1S/C16H10N2O/c17-10-11-1-3-12(4-2-11)15-7-5-13-9-14(19)6-8-16(13)18-15/h1-9,19H. The van der Waals surface area contributed by atoms with Crippen molar-refractivity contribution < 1.29 is 5.11 Å². The van der Waals surface area contributed by atoms with Gasteiger partial charge in [-0.05, 0) is 36.4 Å². The summed E-state index contributed by atoms with van der Waals surface area (Å²) in [6.07, 6.45) is 0. The van der Waals surface area contributed by atoms with Gasteiger partial charge in [-0.25, -0.2) is 4.98 Å². The molecule has 0 radical (unpaired) electrons. The highest BCUT2D eigenvalue weighted by molar-refractivity contribution is 5.82. The van der Waals surface area contributed by atoms with Crippen LogP contribution in [-0.4, -0.2) is 10.1 Å². The van der Waals surface area contributed by atoms with Crippen molar-refractivity contribution >= 4 is 10.9 Å². The van der Waals surface area contributed by atoms with Crippen LogP contribution in [0.25, 0.3) is 22.2 Å². The van der Waals surface area contributed by atoms with Gasteiger partial charge in [0.15, 0.2) is 0 Å². The van der Waals surface area contributed by atoms with Crippen molar-refractivity contribution in [2.45, 2.75) is 0 Å². The van der Waals surface area contributed by atoms with Crippen LogP contribution in [0.15, 0.2) is 54.6 Å². The summed E-state index contributed by atoms with van der Waals surface area (Å²) in [5.41, 5.74) is 3.28. The molecule has 3 aromatic rings. The van der Waals surface area contributed by atoms with Gasteiger partial charge in [0.1, 0.15) is 5.75 Å². The molecule has 1 aromatic heterocycles. The smallest absolute Gasteiger partial charge is 0.116 e. The van der Waals surface area contributed by atoms with Crippen molar-refractivity contribution in [3.8, 4) is 23.1 Å². The van der Waals surface area contributed by atoms with Crippen LogP contribution in [0.2, 0.25) is 0 Å². The zero-order valence-corrected chi connectivity index (χ0v) is 10.0. The summed E-state index contributed by atoms with van der Waals surface area (Å²) in [4.78, 5) is 4.55. The Labute approximate surface area is 110 Å². The lowest BCUT2D eigenvalue weighted by atomic mass is 10.1. The number of hydrogen-bond donors (Lipinski definition) is 1. The number of pyridine rings is 1. The number of fused-ring (bicyclic) bond motifs is 1. The number of phenols is 1. The topological polar surface area (TPSA) is 56.9 Å². The van der Waals surface area contributed by atoms with Gasteiger partial charge in [0.2, 0.25) is 0 Å². The van der Waals surface area contributed by atoms with Crippen LogP contribution in [0.3, 0.4) is 0 Å². The Bertz CT molecular complexity index is 786. The van der Waals surface area contributed by atoms with Gasteiger partial charge in [-0.1, -0.05) is 18.2 Å². The summed E-state index contributed by atoms with van der Waals surface area (Å²) in [7, 11) is 0. The quantitative estimate of drug-likeness (QED) is 0.715. The molecule has 0 atom stereocenters. The summed E-state index contributed by atoms with van der Waals surface area (Å²) in [6, 6.07) is 18.3. The average molecular weight is 246 g/mol. The first-order chi connectivity index (χ1) is 9.26. The van der Waals surface area contributed by atoms with E-state index in [1.54, 1.807) is 30.3 Å². The molecule has 1 heterocycles. The predicted molar refractivity (Wildman–Crippen MR) is 73.6 cm³/mol. The van der Waals surface area contributed by atoms with Crippen LogP contribution < -0.4 is 0 Å². The molecule has 1 N–H and O–H groups in total. The van der Waals surface area contributed by atoms with Gasteiger partial charge in [0.05, 0.1) is 22.8 Å². The molecule has 0 unspecified atom stereocenters. The lowest BCUT2D eigenvalue weighted by Crippen LogP contribution is -1.85. The fourth-order valence-electron chi connectivity index (χ4n) is 1.99. The number of aromatic hydroxyl groups is 1. The number of hydrogen-bond acceptors (Lipinski definition) is 3. The molecule has 0 spiro atoms. The Hall–Kier alpha value is -2.86. The minimum absolute atomic E-state index is 0.237. The van der Waals surface area contributed by atoms with Crippen LogP contribution in [0.4, 0.5) is 0 Å². The Kier molecular flexibility index (Phi) is 2.62. The first-order valence-electron chi connectivity index (χ1n) is 5.86. The maximum atomic E-state index is 9.42. The van der Waals surface area contributed by atoms with E-state index in [0.717, 1.165) is 22.2 Å². The number of nitrogens with zero attached hydrogens (tertiary/aromatic N) is 2. The molecule has 0 saturated carbocycles. The van der Waals surface area contributed by atoms with Crippen molar-refractivity contribution in [3.05, 3.63) is 60.2 Å². The lowest BCUT2D eigenvalue weighted by Gasteiger charge is -2.04. The zero-order valence-electron chi connectivity index (χ0n) is 10.0. The Morgan fingerprint density at radius 1 is 0.947 bits per heavy atom. The maximum absolute atomic E-state index is 9.42. The fourth-order valence-corrected chi connectivity index (χ4v) is 1.99. The molecule has 0 aliphatic rings. The molecule has 3 heteroatoms. The monoisotopic (exact) mass is 246 g/mol. The van der Waals surface area contributed by atoms with Crippen LogP contribution >= 0.6 is 0 Å². The summed E-state index contributed by atoms with van der Waals surface area (Å²) in [5, 5.41) is 19.1. The number of nitriles is 1. The summed E-state index contributed by atoms with van der Waals surface area (Å²) in [5.74, 6) is 0.237. The molecule has 3 nitrogen and oxygen atoms in total. The third-order valence-corrected chi connectivity index (χ3v) is 2.98. The van der Waals surface area contributed by atoms with E-state index in [1.165, 1.54) is 0 Å². The predicted octanol–water partition coefficient (Wildman–Crippen LogP) is 3.48. The van der Waals surface area contributed by atoms with Gasteiger partial charge >= 0.3 is 0 Å². The first kappa shape index (κ1) is 11.2. The van der Waals surface area contributed by atoms with Gasteiger partial charge in [-0.3, -0.25) is 0 Å². The number of rotatable bonds is 1. The summed E-state index contributed by atoms with van der Waals surface area (Å²) in [6.45, 7) is 0. The van der Waals surface area contributed by atoms with Crippen molar-refractivity contribution in [2.24, 2.45) is 0 Å². The van der Waals surface area contributed by atoms with Crippen molar-refractivity contribution in [3.63, 3.8) is 0 Å². The molecule has 0 aliphatic carbocycles. The Morgan fingerprint density at radius 3 is 2.47 bits per heavy atom. The van der Waals surface area contributed by atoms with Gasteiger partial charge < -0.3 is 5.11 Å². The van der Waals surface area contributed by atoms with Crippen molar-refractivity contribution in [2.75, 3.05) is 0 Å². The van der Waals surface area contributed by atoms with Crippen LogP contribution in [-0.2, 0) is 0 Å². The highest BCUT2D eigenvalue weighted by atomic mass is 16.3. The minimum atomic E-state index is 0.237. The van der Waals surface area contributed by atoms with E-state index < -0.39 is 0 Å². The highest BCUT2D eigenvalue weighted by Crippen LogP contribution is 2.23. The number of benzene rings is 2. The molecular weight excluding hydrogens is 236 g/mol. The average Bonchev–Trinajstić information content (AvgIpc) is 2.47. The van der Waals surface area contributed by atoms with E-state index in [0.29, 0.717) is 5.56 Å². The second-order valence-electron chi connectivity index (χ2n) is 4.26. The number of aromatic nitrogens is 1. The zero-order chi connectivity index (χ0) is 13.2. The molecule has 2 aromatic carbocycles. The molecule has 0 fully saturated rings. The second-order valence-corrected chi connectivity index (χ2v) is 4.26. The van der Waals surface area contributed by atoms with E-state index in [4.69, 9.17) is 5.26 Å². The van der Waals surface area contributed by atoms with E-state index in [2.05, 4.69) is 11.1 Å². The number of phenolic OH excluding ortho intramolecular Hbond substituents is 1. The fraction of sp³-hybridized carbons (Fsp3) is 0. The van der Waals surface area contributed by atoms with E-state index in [1.807, 2.05) is 24.3 Å². The Balaban J connectivity index is 2.09. The third-order valence-electron chi connectivity index (χ3n) is 2.98. The molecule has 0 amide bonds. The first-order valence-corrected chi connectivity index (χ1v) is 5.86. The largest absolute Gasteiger partial charge is 0.508 e. The molecule has 3 rings (SSSR count). The summed E-state index contributed by atoms with van der Waals surface area (Å²) >= 11 is 0. The second kappa shape index (κ2) is 4.43. The Morgan fingerprint density at radius 2 is 1.74 bits per heavy atom. The summed E-state index contributed by atoms with van der Waals surface area (Å²) < 4.78 is 0. The maximum Gasteiger partial charge on any atom is 0.116 e. The minimum Gasteiger partial charge on any atom is -0.508 e. The van der Waals surface area contributed by atoms with Crippen LogP contribution in [0.5, 0.6) is 5.75 Å². The lowest BCUT2D eigenvalue weighted by molar-refractivity contribution is 0.476. The highest BCUT2D eigenvalue weighted by Gasteiger charge is 2.02. The van der Waals surface area contributed by atoms with Gasteiger partial charge in [-0.15, -0.1) is 0 Å². The van der Waals surface area contributed by atoms with E-state index >= 15 is 0 Å². The molecule has 90 valence electrons. The van der Waals surface area contributed by atoms with Crippen molar-refractivity contribution in [1.82, 2.24) is 4.98 Å². The third kappa shape index (κ3) is 2.12. The molecule has 0 saturated heterocycles. The molecule has 0 aliphatic heterocycles. The van der Waals surface area contributed by atoms with Crippen LogP contribution in [0.1, 0.15) is 5.56 Å².